The first-order valence-electron chi connectivity index (χ1n) is 9.48. The number of carbonyl (C=O) groups excluding carboxylic acids is 4. The van der Waals surface area contributed by atoms with Gasteiger partial charge >= 0.3 is 5.97 Å². The first-order valence-corrected chi connectivity index (χ1v) is 9.48. The number of ether oxygens (including phenoxy) is 1. The number of likely N-dealkylation sites (tertiary alicyclic amines) is 1. The van der Waals surface area contributed by atoms with E-state index in [0.717, 1.165) is 17.7 Å². The molecule has 0 aliphatic carbocycles. The van der Waals surface area contributed by atoms with E-state index in [2.05, 4.69) is 0 Å². The van der Waals surface area contributed by atoms with Crippen molar-refractivity contribution in [2.24, 2.45) is 0 Å². The van der Waals surface area contributed by atoms with Gasteiger partial charge in [0.15, 0.2) is 0 Å². The van der Waals surface area contributed by atoms with Crippen molar-refractivity contribution in [3.63, 3.8) is 0 Å². The van der Waals surface area contributed by atoms with Crippen LogP contribution in [0.4, 0.5) is 0 Å². The molecule has 2 heterocycles. The van der Waals surface area contributed by atoms with Gasteiger partial charge in [-0.15, -0.1) is 0 Å². The minimum absolute atomic E-state index is 0.121. The van der Waals surface area contributed by atoms with Crippen LogP contribution in [0.5, 0.6) is 0 Å². The average Bonchev–Trinajstić information content (AvgIpc) is 3.36. The second-order valence-electron chi connectivity index (χ2n) is 7.16. The lowest BCUT2D eigenvalue weighted by Gasteiger charge is -2.23. The van der Waals surface area contributed by atoms with Gasteiger partial charge in [-0.2, -0.15) is 0 Å². The number of nitrogens with zero attached hydrogens (tertiary/aromatic N) is 2. The van der Waals surface area contributed by atoms with Gasteiger partial charge in [0.1, 0.15) is 0 Å². The first kappa shape index (κ1) is 18.9. The molecule has 0 radical (unpaired) electrons. The fraction of sp³-hybridized carbons (Fsp3) is 0.273. The molecule has 0 aromatic heterocycles. The zero-order valence-corrected chi connectivity index (χ0v) is 16.0. The molecule has 1 atom stereocenters. The second kappa shape index (κ2) is 7.50. The molecule has 4 rings (SSSR count). The molecule has 0 N–H and O–H groups in total. The van der Waals surface area contributed by atoms with Crippen molar-refractivity contribution in [2.75, 3.05) is 20.1 Å². The smallest absolute Gasteiger partial charge is 0.339 e. The quantitative estimate of drug-likeness (QED) is 0.589. The van der Waals surface area contributed by atoms with Gasteiger partial charge in [0.05, 0.1) is 16.7 Å². The molecule has 2 aliphatic heterocycles. The van der Waals surface area contributed by atoms with Crippen LogP contribution in [0.2, 0.25) is 0 Å². The van der Waals surface area contributed by atoms with Gasteiger partial charge in [-0.05, 0) is 31.0 Å². The molecular formula is C22H20N2O5. The molecule has 1 fully saturated rings. The highest BCUT2D eigenvalue weighted by Crippen LogP contribution is 2.26. The number of hydrogen-bond acceptors (Lipinski definition) is 5. The molecule has 0 saturated carbocycles. The molecule has 7 heteroatoms. The van der Waals surface area contributed by atoms with Gasteiger partial charge in [0, 0.05) is 25.7 Å². The summed E-state index contributed by atoms with van der Waals surface area (Å²) >= 11 is 0. The summed E-state index contributed by atoms with van der Waals surface area (Å²) in [6.07, 6.45) is 0.792. The van der Waals surface area contributed by atoms with Crippen molar-refractivity contribution in [1.82, 2.24) is 9.80 Å². The van der Waals surface area contributed by atoms with E-state index in [0.29, 0.717) is 18.7 Å². The topological polar surface area (TPSA) is 84.0 Å². The van der Waals surface area contributed by atoms with E-state index in [1.54, 1.807) is 29.2 Å². The molecule has 148 valence electrons. The van der Waals surface area contributed by atoms with Crippen LogP contribution in [0.3, 0.4) is 0 Å². The summed E-state index contributed by atoms with van der Waals surface area (Å²) in [5.41, 5.74) is 1.12. The monoisotopic (exact) mass is 392 g/mol. The lowest BCUT2D eigenvalue weighted by molar-refractivity contribution is -0.140. The van der Waals surface area contributed by atoms with Crippen molar-refractivity contribution in [3.8, 4) is 0 Å². The van der Waals surface area contributed by atoms with Crippen LogP contribution in [-0.2, 0) is 9.53 Å². The summed E-state index contributed by atoms with van der Waals surface area (Å²) < 4.78 is 5.61. The minimum Gasteiger partial charge on any atom is -0.444 e. The summed E-state index contributed by atoms with van der Waals surface area (Å²) in [5, 5.41) is 0. The number of carbonyl (C=O) groups is 4. The normalized spacial score (nSPS) is 16.7. The average molecular weight is 392 g/mol. The predicted molar refractivity (Wildman–Crippen MR) is 103 cm³/mol. The predicted octanol–water partition coefficient (Wildman–Crippen LogP) is 2.43. The minimum atomic E-state index is -1.06. The van der Waals surface area contributed by atoms with E-state index in [1.165, 1.54) is 25.2 Å². The number of rotatable bonds is 4. The van der Waals surface area contributed by atoms with Crippen LogP contribution < -0.4 is 0 Å². The highest BCUT2D eigenvalue weighted by molar-refractivity contribution is 6.21. The van der Waals surface area contributed by atoms with Crippen molar-refractivity contribution >= 4 is 23.7 Å². The summed E-state index contributed by atoms with van der Waals surface area (Å²) in [7, 11) is 1.39. The SMILES string of the molecule is CN1C(=O)c2ccc(C(=O)O[C@@H](C(=O)N3CCCC3)c3ccccc3)cc2C1=O. The molecule has 0 bridgehead atoms. The molecule has 2 aromatic carbocycles. The molecule has 1 saturated heterocycles. The Balaban J connectivity index is 1.61. The lowest BCUT2D eigenvalue weighted by atomic mass is 10.1. The van der Waals surface area contributed by atoms with Gasteiger partial charge in [-0.3, -0.25) is 19.3 Å². The summed E-state index contributed by atoms with van der Waals surface area (Å²) in [6, 6.07) is 13.1. The Bertz CT molecular complexity index is 996. The number of amides is 3. The number of benzene rings is 2. The number of esters is 1. The summed E-state index contributed by atoms with van der Waals surface area (Å²) in [6.45, 7) is 1.28. The third-order valence-electron chi connectivity index (χ3n) is 5.29. The standard InChI is InChI=1S/C22H20N2O5/c1-23-19(25)16-10-9-15(13-17(16)20(23)26)22(28)29-18(14-7-3-2-4-8-14)21(27)24-11-5-6-12-24/h2-4,7-10,13,18H,5-6,11-12H2,1H3/t18-/m1/s1. The van der Waals surface area contributed by atoms with Crippen molar-refractivity contribution in [3.05, 3.63) is 70.8 Å². The fourth-order valence-electron chi connectivity index (χ4n) is 3.66. The van der Waals surface area contributed by atoms with Crippen molar-refractivity contribution in [1.29, 1.82) is 0 Å². The molecular weight excluding hydrogens is 372 g/mol. The van der Waals surface area contributed by atoms with Gasteiger partial charge in [0.25, 0.3) is 17.7 Å². The summed E-state index contributed by atoms with van der Waals surface area (Å²) in [5.74, 6) is -1.85. The zero-order valence-electron chi connectivity index (χ0n) is 16.0. The second-order valence-corrected chi connectivity index (χ2v) is 7.16. The van der Waals surface area contributed by atoms with Crippen LogP contribution in [0.25, 0.3) is 0 Å². The molecule has 2 aliphatic rings. The molecule has 7 nitrogen and oxygen atoms in total. The van der Waals surface area contributed by atoms with Crippen LogP contribution in [0.1, 0.15) is 55.6 Å². The Kier molecular flexibility index (Phi) is 4.88. The van der Waals surface area contributed by atoms with Crippen LogP contribution in [0.15, 0.2) is 48.5 Å². The van der Waals surface area contributed by atoms with Crippen LogP contribution in [-0.4, -0.2) is 53.6 Å². The molecule has 0 spiro atoms. The van der Waals surface area contributed by atoms with E-state index in [-0.39, 0.29) is 22.6 Å². The maximum atomic E-state index is 13.0. The largest absolute Gasteiger partial charge is 0.444 e. The van der Waals surface area contributed by atoms with Gasteiger partial charge in [-0.1, -0.05) is 30.3 Å². The first-order chi connectivity index (χ1) is 14.0. The number of hydrogen-bond donors (Lipinski definition) is 0. The third-order valence-corrected chi connectivity index (χ3v) is 5.29. The van der Waals surface area contributed by atoms with E-state index in [9.17, 15) is 19.2 Å². The zero-order chi connectivity index (χ0) is 20.5. The Hall–Kier alpha value is -3.48. The Morgan fingerprint density at radius 2 is 1.59 bits per heavy atom. The van der Waals surface area contributed by atoms with E-state index in [1.807, 2.05) is 6.07 Å². The van der Waals surface area contributed by atoms with Crippen molar-refractivity contribution in [2.45, 2.75) is 18.9 Å². The Morgan fingerprint density at radius 3 is 2.28 bits per heavy atom. The van der Waals surface area contributed by atoms with E-state index in [4.69, 9.17) is 4.74 Å². The third kappa shape index (κ3) is 3.40. The maximum Gasteiger partial charge on any atom is 0.339 e. The van der Waals surface area contributed by atoms with E-state index < -0.39 is 23.9 Å². The maximum absolute atomic E-state index is 13.0. The molecule has 2 aromatic rings. The Morgan fingerprint density at radius 1 is 0.931 bits per heavy atom. The fourth-order valence-corrected chi connectivity index (χ4v) is 3.66. The summed E-state index contributed by atoms with van der Waals surface area (Å²) in [4.78, 5) is 52.7. The lowest BCUT2D eigenvalue weighted by Crippen LogP contribution is -2.34. The molecule has 29 heavy (non-hydrogen) atoms. The van der Waals surface area contributed by atoms with Gasteiger partial charge in [-0.25, -0.2) is 4.79 Å². The van der Waals surface area contributed by atoms with Crippen LogP contribution >= 0.6 is 0 Å². The highest BCUT2D eigenvalue weighted by Gasteiger charge is 2.35. The molecule has 3 amide bonds. The van der Waals surface area contributed by atoms with Crippen LogP contribution in [0, 0.1) is 0 Å². The Labute approximate surface area is 167 Å². The number of imide groups is 1. The number of fused-ring (bicyclic) bond motifs is 1. The van der Waals surface area contributed by atoms with Crippen molar-refractivity contribution < 1.29 is 23.9 Å². The van der Waals surface area contributed by atoms with Gasteiger partial charge in [0.2, 0.25) is 6.10 Å². The molecule has 0 unspecified atom stereocenters. The highest BCUT2D eigenvalue weighted by atomic mass is 16.5. The van der Waals surface area contributed by atoms with E-state index >= 15 is 0 Å². The van der Waals surface area contributed by atoms with Gasteiger partial charge < -0.3 is 9.64 Å².